The Labute approximate surface area is 73.3 Å². The zero-order chi connectivity index (χ0) is 9.30. The Bertz CT molecular complexity index is 208. The summed E-state index contributed by atoms with van der Waals surface area (Å²) in [4.78, 5) is 10.9. The smallest absolute Gasteiger partial charge is 0.307 e. The Hall–Kier alpha value is -0.790. The van der Waals surface area contributed by atoms with Crippen LogP contribution in [0.4, 0.5) is 0 Å². The number of allylic oxidation sites excluding steroid dienone is 2. The van der Waals surface area contributed by atoms with Gasteiger partial charge in [-0.05, 0) is 17.8 Å². The highest BCUT2D eigenvalue weighted by Gasteiger charge is 2.34. The fourth-order valence-corrected chi connectivity index (χ4v) is 1.90. The number of hydrogen-bond donors (Lipinski definition) is 1. The van der Waals surface area contributed by atoms with Crippen LogP contribution in [0.5, 0.6) is 0 Å². The molecule has 0 aromatic carbocycles. The molecule has 1 rings (SSSR count). The van der Waals surface area contributed by atoms with Gasteiger partial charge in [-0.15, -0.1) is 0 Å². The molecule has 0 radical (unpaired) electrons. The Morgan fingerprint density at radius 2 is 1.67 bits per heavy atom. The molecule has 0 fully saturated rings. The summed E-state index contributed by atoms with van der Waals surface area (Å²) >= 11 is 0. The second kappa shape index (κ2) is 3.30. The maximum Gasteiger partial charge on any atom is 0.307 e. The first-order valence-corrected chi connectivity index (χ1v) is 4.45. The van der Waals surface area contributed by atoms with Crippen LogP contribution < -0.4 is 0 Å². The number of carboxylic acids is 1. The normalized spacial score (nSPS) is 41.2. The molecule has 0 aliphatic heterocycles. The van der Waals surface area contributed by atoms with Crippen molar-refractivity contribution in [2.75, 3.05) is 0 Å². The van der Waals surface area contributed by atoms with E-state index in [1.54, 1.807) is 0 Å². The van der Waals surface area contributed by atoms with Crippen LogP contribution in [-0.4, -0.2) is 11.1 Å². The lowest BCUT2D eigenvalue weighted by Gasteiger charge is -2.31. The third-order valence-corrected chi connectivity index (χ3v) is 2.97. The second-order valence-corrected chi connectivity index (χ2v) is 3.83. The quantitative estimate of drug-likeness (QED) is 0.609. The zero-order valence-electron chi connectivity index (χ0n) is 7.82. The van der Waals surface area contributed by atoms with E-state index in [2.05, 4.69) is 13.0 Å². The molecule has 0 saturated carbocycles. The molecular weight excluding hydrogens is 152 g/mol. The first-order chi connectivity index (χ1) is 5.54. The highest BCUT2D eigenvalue weighted by atomic mass is 16.4. The van der Waals surface area contributed by atoms with E-state index < -0.39 is 5.97 Å². The third kappa shape index (κ3) is 1.52. The van der Waals surface area contributed by atoms with Crippen molar-refractivity contribution < 1.29 is 9.90 Å². The molecule has 0 aromatic rings. The topological polar surface area (TPSA) is 37.3 Å². The molecule has 4 unspecified atom stereocenters. The number of aliphatic carboxylic acids is 1. The Balaban J connectivity index is 2.84. The molecule has 0 heterocycles. The molecule has 0 aromatic heterocycles. The average molecular weight is 168 g/mol. The summed E-state index contributed by atoms with van der Waals surface area (Å²) in [6, 6.07) is 0. The van der Waals surface area contributed by atoms with Gasteiger partial charge in [0.15, 0.2) is 0 Å². The van der Waals surface area contributed by atoms with Gasteiger partial charge in [0.05, 0.1) is 5.92 Å². The molecule has 1 aliphatic carbocycles. The van der Waals surface area contributed by atoms with Crippen LogP contribution in [0, 0.1) is 23.7 Å². The standard InChI is InChI=1S/C10H16O2/c1-6-4-5-7(2)9(8(6)3)10(11)12/h4-9H,1-3H3,(H,11,12). The monoisotopic (exact) mass is 168 g/mol. The van der Waals surface area contributed by atoms with Crippen molar-refractivity contribution >= 4 is 5.97 Å². The van der Waals surface area contributed by atoms with Gasteiger partial charge in [0.1, 0.15) is 0 Å². The van der Waals surface area contributed by atoms with Crippen LogP contribution in [0.3, 0.4) is 0 Å². The van der Waals surface area contributed by atoms with Gasteiger partial charge in [-0.1, -0.05) is 32.9 Å². The van der Waals surface area contributed by atoms with E-state index in [0.29, 0.717) is 5.92 Å². The fraction of sp³-hybridized carbons (Fsp3) is 0.700. The molecule has 2 nitrogen and oxygen atoms in total. The first-order valence-electron chi connectivity index (χ1n) is 4.45. The molecule has 1 N–H and O–H groups in total. The third-order valence-electron chi connectivity index (χ3n) is 2.97. The lowest BCUT2D eigenvalue weighted by Crippen LogP contribution is -2.33. The molecule has 4 atom stereocenters. The minimum Gasteiger partial charge on any atom is -0.481 e. The van der Waals surface area contributed by atoms with Crippen molar-refractivity contribution in [1.29, 1.82) is 0 Å². The predicted molar refractivity (Wildman–Crippen MR) is 47.8 cm³/mol. The maximum absolute atomic E-state index is 10.9. The van der Waals surface area contributed by atoms with Crippen LogP contribution in [0.1, 0.15) is 20.8 Å². The van der Waals surface area contributed by atoms with Crippen molar-refractivity contribution in [1.82, 2.24) is 0 Å². The number of rotatable bonds is 1. The highest BCUT2D eigenvalue weighted by molar-refractivity contribution is 5.71. The van der Waals surface area contributed by atoms with Gasteiger partial charge in [-0.2, -0.15) is 0 Å². The summed E-state index contributed by atoms with van der Waals surface area (Å²) in [5, 5.41) is 8.96. The highest BCUT2D eigenvalue weighted by Crippen LogP contribution is 2.33. The summed E-state index contributed by atoms with van der Waals surface area (Å²) in [7, 11) is 0. The molecule has 0 spiro atoms. The van der Waals surface area contributed by atoms with Gasteiger partial charge in [-0.25, -0.2) is 0 Å². The van der Waals surface area contributed by atoms with Crippen LogP contribution in [-0.2, 0) is 4.79 Å². The van der Waals surface area contributed by atoms with Gasteiger partial charge < -0.3 is 5.11 Å². The van der Waals surface area contributed by atoms with Crippen LogP contribution in [0.15, 0.2) is 12.2 Å². The molecule has 68 valence electrons. The molecule has 12 heavy (non-hydrogen) atoms. The van der Waals surface area contributed by atoms with Gasteiger partial charge in [-0.3, -0.25) is 4.79 Å². The van der Waals surface area contributed by atoms with E-state index in [0.717, 1.165) is 0 Å². The maximum atomic E-state index is 10.9. The number of carbonyl (C=O) groups is 1. The van der Waals surface area contributed by atoms with Gasteiger partial charge in [0.2, 0.25) is 0 Å². The van der Waals surface area contributed by atoms with Crippen molar-refractivity contribution in [2.45, 2.75) is 20.8 Å². The summed E-state index contributed by atoms with van der Waals surface area (Å²) in [6.07, 6.45) is 4.14. The molecule has 2 heteroatoms. The van der Waals surface area contributed by atoms with Crippen molar-refractivity contribution in [2.24, 2.45) is 23.7 Å². The lowest BCUT2D eigenvalue weighted by molar-refractivity contribution is -0.145. The second-order valence-electron chi connectivity index (χ2n) is 3.83. The SMILES string of the molecule is CC1C=CC(C)C(C(=O)O)C1C. The molecule has 0 bridgehead atoms. The minimum atomic E-state index is -0.661. The Kier molecular flexibility index (Phi) is 2.55. The van der Waals surface area contributed by atoms with Crippen molar-refractivity contribution in [3.8, 4) is 0 Å². The predicted octanol–water partition coefficient (Wildman–Crippen LogP) is 2.17. The number of hydrogen-bond acceptors (Lipinski definition) is 1. The molecular formula is C10H16O2. The van der Waals surface area contributed by atoms with E-state index >= 15 is 0 Å². The first kappa shape index (κ1) is 9.30. The Morgan fingerprint density at radius 1 is 1.17 bits per heavy atom. The average Bonchev–Trinajstić information content (AvgIpc) is 1.97. The summed E-state index contributed by atoms with van der Waals surface area (Å²) in [6.45, 7) is 6.06. The van der Waals surface area contributed by atoms with Crippen LogP contribution >= 0.6 is 0 Å². The minimum absolute atomic E-state index is 0.175. The number of carboxylic acid groups (broad SMARTS) is 1. The molecule has 0 saturated heterocycles. The lowest BCUT2D eigenvalue weighted by atomic mass is 9.73. The van der Waals surface area contributed by atoms with Crippen molar-refractivity contribution in [3.63, 3.8) is 0 Å². The van der Waals surface area contributed by atoms with Crippen LogP contribution in [0.25, 0.3) is 0 Å². The van der Waals surface area contributed by atoms with Crippen molar-refractivity contribution in [3.05, 3.63) is 12.2 Å². The largest absolute Gasteiger partial charge is 0.481 e. The zero-order valence-corrected chi connectivity index (χ0v) is 7.82. The summed E-state index contributed by atoms with van der Waals surface area (Å²) < 4.78 is 0. The molecule has 1 aliphatic rings. The van der Waals surface area contributed by atoms with E-state index in [1.807, 2.05) is 19.9 Å². The summed E-state index contributed by atoms with van der Waals surface area (Å²) in [5.41, 5.74) is 0. The van der Waals surface area contributed by atoms with Crippen LogP contribution in [0.2, 0.25) is 0 Å². The Morgan fingerprint density at radius 3 is 2.08 bits per heavy atom. The van der Waals surface area contributed by atoms with Gasteiger partial charge >= 0.3 is 5.97 Å². The van der Waals surface area contributed by atoms with E-state index in [-0.39, 0.29) is 17.8 Å². The van der Waals surface area contributed by atoms with Gasteiger partial charge in [0, 0.05) is 0 Å². The summed E-state index contributed by atoms with van der Waals surface area (Å²) in [5.74, 6) is -0.0466. The van der Waals surface area contributed by atoms with E-state index in [9.17, 15) is 4.79 Å². The van der Waals surface area contributed by atoms with Gasteiger partial charge in [0.25, 0.3) is 0 Å². The van der Waals surface area contributed by atoms with E-state index in [4.69, 9.17) is 5.11 Å². The molecule has 0 amide bonds. The van der Waals surface area contributed by atoms with E-state index in [1.165, 1.54) is 0 Å². The fourth-order valence-electron chi connectivity index (χ4n) is 1.90.